The zero-order valence-electron chi connectivity index (χ0n) is 7.72. The summed E-state index contributed by atoms with van der Waals surface area (Å²) in [6, 6.07) is 0. The number of ether oxygens (including phenoxy) is 2. The second-order valence-electron chi connectivity index (χ2n) is 2.88. The van der Waals surface area contributed by atoms with Gasteiger partial charge in [0, 0.05) is 6.42 Å². The molecule has 0 fully saturated rings. The summed E-state index contributed by atoms with van der Waals surface area (Å²) in [5.41, 5.74) is 0.685. The lowest BCUT2D eigenvalue weighted by Gasteiger charge is -2.06. The Morgan fingerprint density at radius 1 is 1.75 bits per heavy atom. The minimum Gasteiger partial charge on any atom is -0.494 e. The van der Waals surface area contributed by atoms with Crippen molar-refractivity contribution in [2.75, 3.05) is 7.11 Å². The Kier molecular flexibility index (Phi) is 2.74. The van der Waals surface area contributed by atoms with Crippen LogP contribution in [0.2, 0.25) is 0 Å². The Hall–Kier alpha value is -0.990. The Labute approximate surface area is 72.4 Å². The van der Waals surface area contributed by atoms with E-state index in [1.165, 1.54) is 7.11 Å². The molecule has 1 unspecified atom stereocenters. The van der Waals surface area contributed by atoms with E-state index in [9.17, 15) is 4.79 Å². The molecule has 0 aromatic heterocycles. The Morgan fingerprint density at radius 3 is 2.83 bits per heavy atom. The van der Waals surface area contributed by atoms with Gasteiger partial charge < -0.3 is 9.47 Å². The van der Waals surface area contributed by atoms with E-state index >= 15 is 0 Å². The molecule has 1 heterocycles. The second kappa shape index (κ2) is 3.61. The van der Waals surface area contributed by atoms with Crippen molar-refractivity contribution in [3.8, 4) is 0 Å². The largest absolute Gasteiger partial charge is 0.494 e. The van der Waals surface area contributed by atoms with E-state index in [2.05, 4.69) is 4.74 Å². The lowest BCUT2D eigenvalue weighted by Crippen LogP contribution is -2.07. The fourth-order valence-electron chi connectivity index (χ4n) is 1.31. The smallest absolute Gasteiger partial charge is 0.337 e. The summed E-state index contributed by atoms with van der Waals surface area (Å²) in [5, 5.41) is 0. The standard InChI is InChI=1S/C9H14O3/c1-4-7-5-8(6(2)12-7)9(10)11-3/h7H,4-5H2,1-3H3. The molecular formula is C9H14O3. The second-order valence-corrected chi connectivity index (χ2v) is 2.88. The molecular weight excluding hydrogens is 156 g/mol. The molecule has 1 aliphatic heterocycles. The van der Waals surface area contributed by atoms with E-state index < -0.39 is 0 Å². The SMILES string of the molecule is CCC1CC(C(=O)OC)=C(C)O1. The molecule has 3 heteroatoms. The van der Waals surface area contributed by atoms with Crippen molar-refractivity contribution in [1.29, 1.82) is 0 Å². The zero-order chi connectivity index (χ0) is 9.14. The predicted molar refractivity (Wildman–Crippen MR) is 44.5 cm³/mol. The van der Waals surface area contributed by atoms with E-state index in [1.54, 1.807) is 0 Å². The molecule has 0 saturated heterocycles. The lowest BCUT2D eigenvalue weighted by atomic mass is 10.1. The summed E-state index contributed by atoms with van der Waals surface area (Å²) in [6.07, 6.45) is 1.78. The van der Waals surface area contributed by atoms with Gasteiger partial charge in [-0.3, -0.25) is 0 Å². The Morgan fingerprint density at radius 2 is 2.42 bits per heavy atom. The van der Waals surface area contributed by atoms with Crippen molar-refractivity contribution in [3.63, 3.8) is 0 Å². The topological polar surface area (TPSA) is 35.5 Å². The Bertz CT molecular complexity index is 218. The van der Waals surface area contributed by atoms with Crippen molar-refractivity contribution in [3.05, 3.63) is 11.3 Å². The highest BCUT2D eigenvalue weighted by atomic mass is 16.5. The first kappa shape index (κ1) is 9.10. The monoisotopic (exact) mass is 170 g/mol. The minimum absolute atomic E-state index is 0.166. The molecule has 68 valence electrons. The number of methoxy groups -OCH3 is 1. The maximum absolute atomic E-state index is 11.1. The van der Waals surface area contributed by atoms with Crippen LogP contribution in [-0.4, -0.2) is 19.2 Å². The van der Waals surface area contributed by atoms with Crippen LogP contribution < -0.4 is 0 Å². The fraction of sp³-hybridized carbons (Fsp3) is 0.667. The average Bonchev–Trinajstić information content (AvgIpc) is 2.45. The number of hydrogen-bond acceptors (Lipinski definition) is 3. The van der Waals surface area contributed by atoms with Crippen LogP contribution in [0.25, 0.3) is 0 Å². The average molecular weight is 170 g/mol. The number of allylic oxidation sites excluding steroid dienone is 1. The maximum atomic E-state index is 11.1. The third-order valence-electron chi connectivity index (χ3n) is 2.09. The molecule has 0 radical (unpaired) electrons. The lowest BCUT2D eigenvalue weighted by molar-refractivity contribution is -0.136. The summed E-state index contributed by atoms with van der Waals surface area (Å²) in [5.74, 6) is 0.456. The minimum atomic E-state index is -0.261. The highest BCUT2D eigenvalue weighted by Crippen LogP contribution is 2.26. The van der Waals surface area contributed by atoms with E-state index in [4.69, 9.17) is 4.74 Å². The van der Waals surface area contributed by atoms with Gasteiger partial charge in [-0.2, -0.15) is 0 Å². The Balaban J connectivity index is 2.66. The highest BCUT2D eigenvalue weighted by molar-refractivity contribution is 5.89. The van der Waals surface area contributed by atoms with E-state index in [1.807, 2.05) is 13.8 Å². The summed E-state index contributed by atoms with van der Waals surface area (Å²) >= 11 is 0. The molecule has 0 N–H and O–H groups in total. The van der Waals surface area contributed by atoms with Crippen molar-refractivity contribution in [2.45, 2.75) is 32.8 Å². The molecule has 0 aliphatic carbocycles. The molecule has 0 saturated carbocycles. The first-order valence-electron chi connectivity index (χ1n) is 4.13. The molecule has 1 aliphatic rings. The van der Waals surface area contributed by atoms with Crippen LogP contribution >= 0.6 is 0 Å². The van der Waals surface area contributed by atoms with Crippen LogP contribution in [0.5, 0.6) is 0 Å². The predicted octanol–water partition coefficient (Wildman–Crippen LogP) is 1.63. The normalized spacial score (nSPS) is 22.4. The van der Waals surface area contributed by atoms with E-state index in [-0.39, 0.29) is 12.1 Å². The van der Waals surface area contributed by atoms with Crippen LogP contribution in [0.15, 0.2) is 11.3 Å². The molecule has 3 nitrogen and oxygen atoms in total. The van der Waals surface area contributed by atoms with Gasteiger partial charge in [-0.05, 0) is 13.3 Å². The zero-order valence-corrected chi connectivity index (χ0v) is 7.72. The number of carbonyl (C=O) groups is 1. The van der Waals surface area contributed by atoms with Crippen molar-refractivity contribution in [2.24, 2.45) is 0 Å². The summed E-state index contributed by atoms with van der Waals surface area (Å²) in [4.78, 5) is 11.1. The van der Waals surface area contributed by atoms with Gasteiger partial charge in [-0.25, -0.2) is 4.79 Å². The molecule has 12 heavy (non-hydrogen) atoms. The van der Waals surface area contributed by atoms with Crippen LogP contribution in [0, 0.1) is 0 Å². The van der Waals surface area contributed by atoms with Crippen molar-refractivity contribution < 1.29 is 14.3 Å². The molecule has 1 rings (SSSR count). The summed E-state index contributed by atoms with van der Waals surface area (Å²) in [6.45, 7) is 3.85. The van der Waals surface area contributed by atoms with Crippen molar-refractivity contribution >= 4 is 5.97 Å². The third kappa shape index (κ3) is 1.60. The van der Waals surface area contributed by atoms with Crippen LogP contribution in [0.4, 0.5) is 0 Å². The summed E-state index contributed by atoms with van der Waals surface area (Å²) in [7, 11) is 1.39. The van der Waals surface area contributed by atoms with Crippen molar-refractivity contribution in [1.82, 2.24) is 0 Å². The van der Waals surface area contributed by atoms with Gasteiger partial charge in [0.2, 0.25) is 0 Å². The number of carbonyl (C=O) groups excluding carboxylic acids is 1. The van der Waals surface area contributed by atoms with Gasteiger partial charge in [-0.1, -0.05) is 6.92 Å². The molecule has 0 amide bonds. The van der Waals surface area contributed by atoms with Gasteiger partial charge in [0.1, 0.15) is 11.9 Å². The van der Waals surface area contributed by atoms with Gasteiger partial charge in [0.05, 0.1) is 12.7 Å². The molecule has 0 spiro atoms. The molecule has 0 aromatic carbocycles. The van der Waals surface area contributed by atoms with Gasteiger partial charge in [0.15, 0.2) is 0 Å². The highest BCUT2D eigenvalue weighted by Gasteiger charge is 2.26. The fourth-order valence-corrected chi connectivity index (χ4v) is 1.31. The van der Waals surface area contributed by atoms with Gasteiger partial charge >= 0.3 is 5.97 Å². The quantitative estimate of drug-likeness (QED) is 0.591. The molecule has 1 atom stereocenters. The third-order valence-corrected chi connectivity index (χ3v) is 2.09. The van der Waals surface area contributed by atoms with Gasteiger partial charge in [-0.15, -0.1) is 0 Å². The van der Waals surface area contributed by atoms with E-state index in [0.717, 1.165) is 6.42 Å². The first-order chi connectivity index (χ1) is 5.69. The first-order valence-corrected chi connectivity index (χ1v) is 4.13. The number of hydrogen-bond donors (Lipinski definition) is 0. The molecule has 0 bridgehead atoms. The van der Waals surface area contributed by atoms with Gasteiger partial charge in [0.25, 0.3) is 0 Å². The number of rotatable bonds is 2. The van der Waals surface area contributed by atoms with E-state index in [0.29, 0.717) is 17.8 Å². The van der Waals surface area contributed by atoms with Crippen LogP contribution in [0.3, 0.4) is 0 Å². The van der Waals surface area contributed by atoms with Crippen LogP contribution in [-0.2, 0) is 14.3 Å². The maximum Gasteiger partial charge on any atom is 0.337 e. The number of esters is 1. The van der Waals surface area contributed by atoms with Crippen LogP contribution in [0.1, 0.15) is 26.7 Å². The summed E-state index contributed by atoms with van der Waals surface area (Å²) < 4.78 is 10.0. The molecule has 0 aromatic rings.